The lowest BCUT2D eigenvalue weighted by atomic mass is 10.2. The molecule has 0 spiro atoms. The van der Waals surface area contributed by atoms with Gasteiger partial charge in [0.1, 0.15) is 12.2 Å². The summed E-state index contributed by atoms with van der Waals surface area (Å²) in [6.45, 7) is 4.78. The Bertz CT molecular complexity index is 454. The molecule has 0 heterocycles. The first-order valence-corrected chi connectivity index (χ1v) is 5.88. The third-order valence-electron chi connectivity index (χ3n) is 1.91. The van der Waals surface area contributed by atoms with Crippen molar-refractivity contribution in [1.29, 1.82) is 0 Å². The Morgan fingerprint density at radius 1 is 1.20 bits per heavy atom. The Morgan fingerprint density at radius 3 is 2.35 bits per heavy atom. The molecule has 0 atom stereocenters. The van der Waals surface area contributed by atoms with Gasteiger partial charge in [-0.25, -0.2) is 14.8 Å². The molecule has 110 valence electrons. The van der Waals surface area contributed by atoms with Gasteiger partial charge in [-0.2, -0.15) is 0 Å². The summed E-state index contributed by atoms with van der Waals surface area (Å²) in [4.78, 5) is 26.8. The molecule has 1 N–H and O–H groups in total. The standard InChI is InChI=1S/C13H17NO6/c1-13(2,3)19-12(16)20-14(17)11(15)18-9-10-7-5-4-6-8-10/h4-8,17H,9H2,1-3H3. The summed E-state index contributed by atoms with van der Waals surface area (Å²) in [5, 5.41) is 8.89. The molecule has 1 rings (SSSR count). The summed E-state index contributed by atoms with van der Waals surface area (Å²) >= 11 is 0. The number of benzene rings is 1. The Balaban J connectivity index is 2.38. The zero-order chi connectivity index (χ0) is 15.2. The number of amides is 1. The SMILES string of the molecule is CC(C)(C)OC(=O)ON(O)C(=O)OCc1ccccc1. The summed E-state index contributed by atoms with van der Waals surface area (Å²) in [5.41, 5.74) is -0.0715. The first-order chi connectivity index (χ1) is 9.28. The van der Waals surface area contributed by atoms with Crippen molar-refractivity contribution in [2.24, 2.45) is 0 Å². The van der Waals surface area contributed by atoms with Crippen molar-refractivity contribution in [3.63, 3.8) is 0 Å². The van der Waals surface area contributed by atoms with Crippen LogP contribution in [0.3, 0.4) is 0 Å². The monoisotopic (exact) mass is 283 g/mol. The number of carbonyl (C=O) groups excluding carboxylic acids is 2. The first kappa shape index (κ1) is 15.8. The predicted octanol–water partition coefficient (Wildman–Crippen LogP) is 2.88. The van der Waals surface area contributed by atoms with Crippen LogP contribution < -0.4 is 0 Å². The molecule has 0 saturated heterocycles. The number of nitrogens with zero attached hydrogens (tertiary/aromatic N) is 1. The number of carbonyl (C=O) groups is 2. The second-order valence-corrected chi connectivity index (χ2v) is 4.87. The summed E-state index contributed by atoms with van der Waals surface area (Å²) in [7, 11) is 0. The Kier molecular flexibility index (Phi) is 5.33. The molecule has 0 aromatic heterocycles. The zero-order valence-electron chi connectivity index (χ0n) is 11.5. The van der Waals surface area contributed by atoms with Crippen molar-refractivity contribution in [2.45, 2.75) is 33.0 Å². The molecular formula is C13H17NO6. The number of hydrogen-bond acceptors (Lipinski definition) is 6. The minimum absolute atomic E-state index is 0.0611. The van der Waals surface area contributed by atoms with Crippen LogP contribution in [0, 0.1) is 0 Å². The molecule has 0 bridgehead atoms. The molecule has 1 aromatic carbocycles. The van der Waals surface area contributed by atoms with Crippen LogP contribution in [-0.2, 0) is 20.9 Å². The quantitative estimate of drug-likeness (QED) is 0.510. The molecule has 0 unspecified atom stereocenters. The van der Waals surface area contributed by atoms with Gasteiger partial charge in [0.15, 0.2) is 0 Å². The van der Waals surface area contributed by atoms with Crippen molar-refractivity contribution in [3.8, 4) is 0 Å². The maximum absolute atomic E-state index is 11.3. The van der Waals surface area contributed by atoms with Gasteiger partial charge < -0.3 is 9.47 Å². The van der Waals surface area contributed by atoms with Gasteiger partial charge in [0.25, 0.3) is 0 Å². The van der Waals surface area contributed by atoms with Crippen LogP contribution >= 0.6 is 0 Å². The Morgan fingerprint density at radius 2 is 1.80 bits per heavy atom. The van der Waals surface area contributed by atoms with E-state index in [1.807, 2.05) is 6.07 Å². The number of rotatable bonds is 2. The highest BCUT2D eigenvalue weighted by Crippen LogP contribution is 2.09. The van der Waals surface area contributed by atoms with Crippen LogP contribution in [0.5, 0.6) is 0 Å². The minimum Gasteiger partial charge on any atom is -0.441 e. The molecule has 1 aromatic rings. The van der Waals surface area contributed by atoms with Gasteiger partial charge in [-0.05, 0) is 26.3 Å². The summed E-state index contributed by atoms with van der Waals surface area (Å²) in [6, 6.07) is 8.84. The van der Waals surface area contributed by atoms with E-state index in [2.05, 4.69) is 4.84 Å². The van der Waals surface area contributed by atoms with Crippen LogP contribution in [0.25, 0.3) is 0 Å². The third-order valence-corrected chi connectivity index (χ3v) is 1.91. The molecule has 0 aliphatic rings. The van der Waals surface area contributed by atoms with Crippen LogP contribution in [0.15, 0.2) is 30.3 Å². The molecule has 0 saturated carbocycles. The maximum Gasteiger partial charge on any atom is 0.536 e. The van der Waals surface area contributed by atoms with E-state index in [9.17, 15) is 14.8 Å². The van der Waals surface area contributed by atoms with E-state index in [4.69, 9.17) is 9.47 Å². The van der Waals surface area contributed by atoms with Gasteiger partial charge in [0.05, 0.1) is 0 Å². The highest BCUT2D eigenvalue weighted by atomic mass is 17.0. The van der Waals surface area contributed by atoms with Gasteiger partial charge in [0, 0.05) is 5.23 Å². The molecule has 0 aliphatic heterocycles. The van der Waals surface area contributed by atoms with Crippen LogP contribution in [0.4, 0.5) is 9.59 Å². The lowest BCUT2D eigenvalue weighted by Gasteiger charge is -2.20. The fourth-order valence-corrected chi connectivity index (χ4v) is 1.15. The van der Waals surface area contributed by atoms with Gasteiger partial charge in [-0.15, -0.1) is 0 Å². The zero-order valence-corrected chi connectivity index (χ0v) is 11.5. The highest BCUT2D eigenvalue weighted by Gasteiger charge is 2.23. The second-order valence-electron chi connectivity index (χ2n) is 4.87. The summed E-state index contributed by atoms with van der Waals surface area (Å²) in [5.74, 6) is 0. The van der Waals surface area contributed by atoms with E-state index < -0.39 is 17.8 Å². The first-order valence-electron chi connectivity index (χ1n) is 5.88. The molecule has 7 heteroatoms. The molecule has 20 heavy (non-hydrogen) atoms. The van der Waals surface area contributed by atoms with Crippen LogP contribution in [-0.4, -0.2) is 28.3 Å². The van der Waals surface area contributed by atoms with Crippen molar-refractivity contribution in [1.82, 2.24) is 5.23 Å². The maximum atomic E-state index is 11.3. The van der Waals surface area contributed by atoms with Gasteiger partial charge >= 0.3 is 12.2 Å². The molecule has 0 aliphatic carbocycles. The fraction of sp³-hybridized carbons (Fsp3) is 0.385. The summed E-state index contributed by atoms with van der Waals surface area (Å²) in [6.07, 6.45) is -2.43. The van der Waals surface area contributed by atoms with Crippen molar-refractivity contribution in [2.75, 3.05) is 0 Å². The average molecular weight is 283 g/mol. The fourth-order valence-electron chi connectivity index (χ4n) is 1.15. The van der Waals surface area contributed by atoms with Crippen LogP contribution in [0.1, 0.15) is 26.3 Å². The van der Waals surface area contributed by atoms with E-state index in [0.717, 1.165) is 5.56 Å². The van der Waals surface area contributed by atoms with E-state index >= 15 is 0 Å². The molecular weight excluding hydrogens is 266 g/mol. The smallest absolute Gasteiger partial charge is 0.441 e. The van der Waals surface area contributed by atoms with Gasteiger partial charge in [-0.1, -0.05) is 30.3 Å². The number of ether oxygens (including phenoxy) is 2. The molecule has 7 nitrogen and oxygen atoms in total. The predicted molar refractivity (Wildman–Crippen MR) is 67.6 cm³/mol. The van der Waals surface area contributed by atoms with E-state index in [1.165, 1.54) is 0 Å². The van der Waals surface area contributed by atoms with Crippen molar-refractivity contribution in [3.05, 3.63) is 35.9 Å². The third kappa shape index (κ3) is 6.05. The summed E-state index contributed by atoms with van der Waals surface area (Å²) < 4.78 is 9.48. The van der Waals surface area contributed by atoms with Gasteiger partial charge in [0.2, 0.25) is 0 Å². The number of hydrogen-bond donors (Lipinski definition) is 1. The van der Waals surface area contributed by atoms with E-state index in [-0.39, 0.29) is 11.8 Å². The normalized spacial score (nSPS) is 10.6. The lowest BCUT2D eigenvalue weighted by molar-refractivity contribution is -0.282. The Hall–Kier alpha value is -2.28. The molecule has 0 fully saturated rings. The number of hydroxylamine groups is 2. The minimum atomic E-state index is -1.22. The highest BCUT2D eigenvalue weighted by molar-refractivity contribution is 5.68. The van der Waals surface area contributed by atoms with Crippen molar-refractivity contribution >= 4 is 12.2 Å². The molecule has 1 amide bonds. The van der Waals surface area contributed by atoms with Crippen molar-refractivity contribution < 1.29 is 29.1 Å². The van der Waals surface area contributed by atoms with Crippen LogP contribution in [0.2, 0.25) is 0 Å². The lowest BCUT2D eigenvalue weighted by Crippen LogP contribution is -2.34. The second kappa shape index (κ2) is 6.76. The van der Waals surface area contributed by atoms with E-state index in [0.29, 0.717) is 0 Å². The largest absolute Gasteiger partial charge is 0.536 e. The Labute approximate surface area is 116 Å². The van der Waals surface area contributed by atoms with E-state index in [1.54, 1.807) is 45.0 Å². The topological polar surface area (TPSA) is 85.3 Å². The average Bonchev–Trinajstić information content (AvgIpc) is 2.34. The van der Waals surface area contributed by atoms with Gasteiger partial charge in [-0.3, -0.25) is 4.84 Å². The molecule has 0 radical (unpaired) electrons.